The average Bonchev–Trinajstić information content (AvgIpc) is 2.90. The van der Waals surface area contributed by atoms with E-state index >= 15 is 0 Å². The molecule has 0 aromatic heterocycles. The summed E-state index contributed by atoms with van der Waals surface area (Å²) in [5, 5.41) is 3.36. The highest BCUT2D eigenvalue weighted by Gasteiger charge is 2.17. The van der Waals surface area contributed by atoms with Crippen molar-refractivity contribution in [3.8, 4) is 0 Å². The Bertz CT molecular complexity index is 155. The summed E-state index contributed by atoms with van der Waals surface area (Å²) in [5.41, 5.74) is 0. The Balaban J connectivity index is 1.63. The van der Waals surface area contributed by atoms with Gasteiger partial charge in [-0.05, 0) is 18.8 Å². The molecular formula is C10H18N2. The second-order valence-corrected chi connectivity index (χ2v) is 3.82. The van der Waals surface area contributed by atoms with Gasteiger partial charge in [0, 0.05) is 32.7 Å². The molecule has 2 heteroatoms. The third kappa shape index (κ3) is 2.61. The molecule has 0 unspecified atom stereocenters. The van der Waals surface area contributed by atoms with Crippen molar-refractivity contribution in [3.05, 3.63) is 12.2 Å². The van der Waals surface area contributed by atoms with Crippen LogP contribution in [0.5, 0.6) is 0 Å². The number of nitrogens with one attached hydrogen (secondary N) is 1. The lowest BCUT2D eigenvalue weighted by Crippen LogP contribution is -2.43. The van der Waals surface area contributed by atoms with Gasteiger partial charge < -0.3 is 5.32 Å². The number of nitrogens with zero attached hydrogens (tertiary/aromatic N) is 1. The van der Waals surface area contributed by atoms with Crippen LogP contribution in [0.2, 0.25) is 0 Å². The fourth-order valence-electron chi connectivity index (χ4n) is 1.58. The van der Waals surface area contributed by atoms with Gasteiger partial charge in [0.2, 0.25) is 0 Å². The summed E-state index contributed by atoms with van der Waals surface area (Å²) in [5.74, 6) is 0.938. The first kappa shape index (κ1) is 8.27. The summed E-state index contributed by atoms with van der Waals surface area (Å²) in [6, 6.07) is 0. The minimum atomic E-state index is 0.938. The third-order valence-electron chi connectivity index (χ3n) is 2.60. The molecule has 68 valence electrons. The topological polar surface area (TPSA) is 15.3 Å². The van der Waals surface area contributed by atoms with Crippen LogP contribution in [-0.2, 0) is 0 Å². The van der Waals surface area contributed by atoms with Crippen molar-refractivity contribution in [1.82, 2.24) is 10.2 Å². The lowest BCUT2D eigenvalue weighted by atomic mass is 10.3. The Hall–Kier alpha value is -0.340. The minimum absolute atomic E-state index is 0.938. The van der Waals surface area contributed by atoms with Crippen LogP contribution in [0.1, 0.15) is 12.8 Å². The largest absolute Gasteiger partial charge is 0.314 e. The predicted molar refractivity (Wildman–Crippen MR) is 51.2 cm³/mol. The van der Waals surface area contributed by atoms with Crippen molar-refractivity contribution in [2.75, 3.05) is 32.7 Å². The first-order chi connectivity index (χ1) is 5.95. The van der Waals surface area contributed by atoms with Crippen LogP contribution in [0.15, 0.2) is 12.2 Å². The van der Waals surface area contributed by atoms with E-state index in [1.54, 1.807) is 0 Å². The van der Waals surface area contributed by atoms with Gasteiger partial charge in [-0.1, -0.05) is 12.2 Å². The van der Waals surface area contributed by atoms with E-state index in [0.717, 1.165) is 25.6 Å². The molecule has 0 spiro atoms. The number of hydrogen-bond acceptors (Lipinski definition) is 2. The van der Waals surface area contributed by atoms with Crippen molar-refractivity contribution in [2.45, 2.75) is 12.8 Å². The second kappa shape index (κ2) is 4.06. The minimum Gasteiger partial charge on any atom is -0.314 e. The van der Waals surface area contributed by atoms with Gasteiger partial charge in [0.05, 0.1) is 0 Å². The SMILES string of the molecule is C(=C/C1CC1)/CN1CCNCC1. The molecule has 2 nitrogen and oxygen atoms in total. The Morgan fingerprint density at radius 1 is 1.25 bits per heavy atom. The number of allylic oxidation sites excluding steroid dienone is 1. The summed E-state index contributed by atoms with van der Waals surface area (Å²) < 4.78 is 0. The highest BCUT2D eigenvalue weighted by Crippen LogP contribution is 2.29. The molecule has 0 atom stereocenters. The maximum atomic E-state index is 3.36. The quantitative estimate of drug-likeness (QED) is 0.626. The molecule has 2 aliphatic rings. The molecule has 1 saturated carbocycles. The highest BCUT2D eigenvalue weighted by atomic mass is 15.2. The molecule has 0 bridgehead atoms. The van der Waals surface area contributed by atoms with Crippen LogP contribution < -0.4 is 5.32 Å². The molecule has 0 amide bonds. The lowest BCUT2D eigenvalue weighted by molar-refractivity contribution is 0.264. The Morgan fingerprint density at radius 3 is 2.67 bits per heavy atom. The van der Waals surface area contributed by atoms with E-state index < -0.39 is 0 Å². The highest BCUT2D eigenvalue weighted by molar-refractivity contribution is 4.97. The molecular weight excluding hydrogens is 148 g/mol. The first-order valence-electron chi connectivity index (χ1n) is 5.05. The fraction of sp³-hybridized carbons (Fsp3) is 0.800. The van der Waals surface area contributed by atoms with E-state index in [-0.39, 0.29) is 0 Å². The van der Waals surface area contributed by atoms with E-state index in [1.807, 2.05) is 0 Å². The molecule has 2 fully saturated rings. The smallest absolute Gasteiger partial charge is 0.0164 e. The zero-order valence-corrected chi connectivity index (χ0v) is 7.63. The van der Waals surface area contributed by atoms with Gasteiger partial charge in [-0.2, -0.15) is 0 Å². The van der Waals surface area contributed by atoms with Gasteiger partial charge in [-0.15, -0.1) is 0 Å². The van der Waals surface area contributed by atoms with Crippen LogP contribution in [0.3, 0.4) is 0 Å². The Kier molecular flexibility index (Phi) is 2.79. The Morgan fingerprint density at radius 2 is 2.00 bits per heavy atom. The zero-order chi connectivity index (χ0) is 8.23. The summed E-state index contributed by atoms with van der Waals surface area (Å²) >= 11 is 0. The number of piperazine rings is 1. The van der Waals surface area contributed by atoms with E-state index in [1.165, 1.54) is 25.9 Å². The van der Waals surface area contributed by atoms with Crippen LogP contribution in [0.4, 0.5) is 0 Å². The summed E-state index contributed by atoms with van der Waals surface area (Å²) in [4.78, 5) is 2.51. The third-order valence-corrected chi connectivity index (χ3v) is 2.60. The van der Waals surface area contributed by atoms with Crippen LogP contribution in [-0.4, -0.2) is 37.6 Å². The van der Waals surface area contributed by atoms with E-state index in [2.05, 4.69) is 22.4 Å². The van der Waals surface area contributed by atoms with Crippen molar-refractivity contribution < 1.29 is 0 Å². The van der Waals surface area contributed by atoms with Crippen LogP contribution in [0.25, 0.3) is 0 Å². The van der Waals surface area contributed by atoms with Gasteiger partial charge in [0.15, 0.2) is 0 Å². The maximum Gasteiger partial charge on any atom is 0.0164 e. The number of rotatable bonds is 3. The molecule has 1 saturated heterocycles. The Labute approximate surface area is 74.6 Å². The molecule has 0 aromatic rings. The molecule has 1 heterocycles. The first-order valence-corrected chi connectivity index (χ1v) is 5.05. The molecule has 0 radical (unpaired) electrons. The molecule has 1 aliphatic carbocycles. The van der Waals surface area contributed by atoms with Gasteiger partial charge in [0.1, 0.15) is 0 Å². The molecule has 1 aliphatic heterocycles. The van der Waals surface area contributed by atoms with Gasteiger partial charge in [0.25, 0.3) is 0 Å². The van der Waals surface area contributed by atoms with Crippen molar-refractivity contribution >= 4 is 0 Å². The van der Waals surface area contributed by atoms with Crippen molar-refractivity contribution in [3.63, 3.8) is 0 Å². The number of hydrogen-bond donors (Lipinski definition) is 1. The second-order valence-electron chi connectivity index (χ2n) is 3.82. The zero-order valence-electron chi connectivity index (χ0n) is 7.63. The van der Waals surface area contributed by atoms with Crippen LogP contribution >= 0.6 is 0 Å². The summed E-state index contributed by atoms with van der Waals surface area (Å²) in [6.45, 7) is 5.93. The summed E-state index contributed by atoms with van der Waals surface area (Å²) in [6.07, 6.45) is 7.60. The van der Waals surface area contributed by atoms with Crippen LogP contribution in [0, 0.1) is 5.92 Å². The van der Waals surface area contributed by atoms with Crippen molar-refractivity contribution in [1.29, 1.82) is 0 Å². The normalized spacial score (nSPS) is 26.7. The molecule has 12 heavy (non-hydrogen) atoms. The summed E-state index contributed by atoms with van der Waals surface area (Å²) in [7, 11) is 0. The van der Waals surface area contributed by atoms with Crippen molar-refractivity contribution in [2.24, 2.45) is 5.92 Å². The monoisotopic (exact) mass is 166 g/mol. The maximum absolute atomic E-state index is 3.36. The van der Waals surface area contributed by atoms with Gasteiger partial charge in [-0.25, -0.2) is 0 Å². The standard InChI is InChI=1S/C10H18N2/c1(2-10-3-4-10)7-12-8-5-11-6-9-12/h1-2,10-11H,3-9H2/b2-1-. The van der Waals surface area contributed by atoms with E-state index in [4.69, 9.17) is 0 Å². The van der Waals surface area contributed by atoms with E-state index in [9.17, 15) is 0 Å². The molecule has 0 aromatic carbocycles. The van der Waals surface area contributed by atoms with Gasteiger partial charge in [-0.3, -0.25) is 4.90 Å². The van der Waals surface area contributed by atoms with Gasteiger partial charge >= 0.3 is 0 Å². The average molecular weight is 166 g/mol. The molecule has 1 N–H and O–H groups in total. The fourth-order valence-corrected chi connectivity index (χ4v) is 1.58. The van der Waals surface area contributed by atoms with E-state index in [0.29, 0.717) is 0 Å². The predicted octanol–water partition coefficient (Wildman–Crippen LogP) is 0.858. The lowest BCUT2D eigenvalue weighted by Gasteiger charge is -2.25. The molecule has 2 rings (SSSR count).